The number of nitrogens with one attached hydrogen (secondary N) is 2. The number of aliphatic carboxylic acids is 1. The lowest BCUT2D eigenvalue weighted by Crippen LogP contribution is -2.66. The highest BCUT2D eigenvalue weighted by atomic mass is 16.5. The van der Waals surface area contributed by atoms with Crippen molar-refractivity contribution in [3.8, 4) is 0 Å². The summed E-state index contributed by atoms with van der Waals surface area (Å²) >= 11 is 0. The van der Waals surface area contributed by atoms with Gasteiger partial charge in [0.25, 0.3) is 0 Å². The van der Waals surface area contributed by atoms with Gasteiger partial charge < -0.3 is 15.2 Å². The molecule has 1 unspecified atom stereocenters. The zero-order valence-electron chi connectivity index (χ0n) is 11.2. The van der Waals surface area contributed by atoms with Crippen LogP contribution in [0.15, 0.2) is 0 Å². The minimum Gasteiger partial charge on any atom is -0.480 e. The van der Waals surface area contributed by atoms with Crippen molar-refractivity contribution in [1.29, 1.82) is 0 Å². The Bertz CT molecular complexity index is 379. The number of hydrogen-bond acceptors (Lipinski definition) is 5. The summed E-state index contributed by atoms with van der Waals surface area (Å²) < 4.78 is 5.24. The third kappa shape index (κ3) is 4.18. The number of carboxylic acid groups (broad SMARTS) is 1. The van der Waals surface area contributed by atoms with E-state index in [1.54, 1.807) is 18.7 Å². The van der Waals surface area contributed by atoms with Gasteiger partial charge in [-0.15, -0.1) is 0 Å². The second-order valence-corrected chi connectivity index (χ2v) is 4.78. The molecule has 1 fully saturated rings. The van der Waals surface area contributed by atoms with Crippen molar-refractivity contribution in [2.24, 2.45) is 0 Å². The first kappa shape index (κ1) is 15.4. The van der Waals surface area contributed by atoms with Gasteiger partial charge >= 0.3 is 12.0 Å². The van der Waals surface area contributed by atoms with Gasteiger partial charge in [0.2, 0.25) is 5.91 Å². The van der Waals surface area contributed by atoms with E-state index in [1.807, 2.05) is 0 Å². The van der Waals surface area contributed by atoms with Crippen molar-refractivity contribution in [2.75, 3.05) is 26.7 Å². The topological polar surface area (TPSA) is 108 Å². The number of imide groups is 1. The number of ether oxygens (including phenoxy) is 1. The van der Waals surface area contributed by atoms with Crippen molar-refractivity contribution < 1.29 is 24.2 Å². The molecule has 0 aliphatic carbocycles. The maximum absolute atomic E-state index is 11.7. The molecule has 0 aromatic heterocycles. The number of carbonyl (C=O) groups excluding carboxylic acids is 2. The van der Waals surface area contributed by atoms with Gasteiger partial charge in [0.05, 0.1) is 11.6 Å². The molecule has 1 saturated heterocycles. The zero-order valence-corrected chi connectivity index (χ0v) is 11.2. The number of amides is 3. The van der Waals surface area contributed by atoms with Crippen LogP contribution >= 0.6 is 0 Å². The van der Waals surface area contributed by atoms with Crippen LogP contribution in [-0.2, 0) is 14.3 Å². The Balaban J connectivity index is 2.38. The Morgan fingerprint density at radius 2 is 2.00 bits per heavy atom. The van der Waals surface area contributed by atoms with E-state index in [2.05, 4.69) is 10.6 Å². The standard InChI is InChI=1S/C11H19N3O5/c1-7(9(17)13-10(18)12-3)14-5-11(2,6-14)19-4-8(15)16/h7H,4-6H2,1-3H3,(H,15,16)(H2,12,13,17,18). The van der Waals surface area contributed by atoms with Crippen LogP contribution < -0.4 is 10.6 Å². The highest BCUT2D eigenvalue weighted by molar-refractivity contribution is 5.96. The highest BCUT2D eigenvalue weighted by Crippen LogP contribution is 2.26. The van der Waals surface area contributed by atoms with Crippen LogP contribution in [0, 0.1) is 0 Å². The summed E-state index contributed by atoms with van der Waals surface area (Å²) in [5.41, 5.74) is -0.556. The van der Waals surface area contributed by atoms with Crippen LogP contribution in [0.25, 0.3) is 0 Å². The monoisotopic (exact) mass is 273 g/mol. The van der Waals surface area contributed by atoms with E-state index in [0.717, 1.165) is 0 Å². The normalized spacial score (nSPS) is 19.1. The second kappa shape index (κ2) is 5.98. The predicted molar refractivity (Wildman–Crippen MR) is 65.6 cm³/mol. The molecule has 1 aliphatic rings. The number of urea groups is 1. The van der Waals surface area contributed by atoms with Crippen molar-refractivity contribution in [3.05, 3.63) is 0 Å². The Hall–Kier alpha value is -1.67. The van der Waals surface area contributed by atoms with Crippen LogP contribution in [-0.4, -0.2) is 66.3 Å². The van der Waals surface area contributed by atoms with Gasteiger partial charge in [0.1, 0.15) is 6.61 Å². The molecule has 0 aromatic carbocycles. The quantitative estimate of drug-likeness (QED) is 0.593. The van der Waals surface area contributed by atoms with Crippen LogP contribution in [0.3, 0.4) is 0 Å². The lowest BCUT2D eigenvalue weighted by molar-refractivity contribution is -0.171. The lowest BCUT2D eigenvalue weighted by Gasteiger charge is -2.49. The molecular formula is C11H19N3O5. The van der Waals surface area contributed by atoms with Gasteiger partial charge in [0.15, 0.2) is 0 Å². The predicted octanol–water partition coefficient (Wildman–Crippen LogP) is -0.994. The maximum Gasteiger partial charge on any atom is 0.329 e. The fourth-order valence-corrected chi connectivity index (χ4v) is 1.86. The molecule has 0 aromatic rings. The summed E-state index contributed by atoms with van der Waals surface area (Å²) in [6.45, 7) is 4.00. The first-order chi connectivity index (χ1) is 8.77. The average Bonchev–Trinajstić information content (AvgIpc) is 2.31. The lowest BCUT2D eigenvalue weighted by atomic mass is 9.94. The van der Waals surface area contributed by atoms with Crippen LogP contribution in [0.2, 0.25) is 0 Å². The molecule has 0 bridgehead atoms. The number of likely N-dealkylation sites (tertiary alicyclic amines) is 1. The summed E-state index contributed by atoms with van der Waals surface area (Å²) in [7, 11) is 1.42. The van der Waals surface area contributed by atoms with Crippen LogP contribution in [0.4, 0.5) is 4.79 Å². The second-order valence-electron chi connectivity index (χ2n) is 4.78. The van der Waals surface area contributed by atoms with Crippen molar-refractivity contribution in [3.63, 3.8) is 0 Å². The van der Waals surface area contributed by atoms with E-state index in [1.165, 1.54) is 7.05 Å². The van der Waals surface area contributed by atoms with E-state index in [9.17, 15) is 14.4 Å². The minimum absolute atomic E-state index is 0.358. The van der Waals surface area contributed by atoms with Crippen LogP contribution in [0.1, 0.15) is 13.8 Å². The molecule has 108 valence electrons. The SMILES string of the molecule is CNC(=O)NC(=O)C(C)N1CC(C)(OCC(=O)O)C1. The number of carbonyl (C=O) groups is 3. The average molecular weight is 273 g/mol. The van der Waals surface area contributed by atoms with E-state index in [4.69, 9.17) is 9.84 Å². The highest BCUT2D eigenvalue weighted by Gasteiger charge is 2.43. The largest absolute Gasteiger partial charge is 0.480 e. The third-order valence-corrected chi connectivity index (χ3v) is 3.01. The molecule has 8 nitrogen and oxygen atoms in total. The Morgan fingerprint density at radius 3 is 2.47 bits per heavy atom. The number of carboxylic acids is 1. The fraction of sp³-hybridized carbons (Fsp3) is 0.727. The van der Waals surface area contributed by atoms with Gasteiger partial charge in [-0.05, 0) is 13.8 Å². The molecule has 3 N–H and O–H groups in total. The summed E-state index contributed by atoms with van der Waals surface area (Å²) in [6, 6.07) is -1.03. The molecule has 19 heavy (non-hydrogen) atoms. The summed E-state index contributed by atoms with van der Waals surface area (Å²) in [5.74, 6) is -1.43. The minimum atomic E-state index is -1.02. The number of nitrogens with zero attached hydrogens (tertiary/aromatic N) is 1. The summed E-state index contributed by atoms with van der Waals surface area (Å²) in [4.78, 5) is 34.9. The molecule has 1 atom stereocenters. The molecule has 1 rings (SSSR count). The van der Waals surface area contributed by atoms with Gasteiger partial charge in [-0.1, -0.05) is 0 Å². The summed E-state index contributed by atoms with van der Waals surface area (Å²) in [6.07, 6.45) is 0. The smallest absolute Gasteiger partial charge is 0.329 e. The Kier molecular flexibility index (Phi) is 4.84. The van der Waals surface area contributed by atoms with Gasteiger partial charge in [-0.2, -0.15) is 0 Å². The van der Waals surface area contributed by atoms with Gasteiger partial charge in [-0.25, -0.2) is 9.59 Å². The molecule has 0 saturated carbocycles. The first-order valence-corrected chi connectivity index (χ1v) is 5.90. The molecular weight excluding hydrogens is 254 g/mol. The maximum atomic E-state index is 11.7. The van der Waals surface area contributed by atoms with Crippen LogP contribution in [0.5, 0.6) is 0 Å². The molecule has 1 aliphatic heterocycles. The van der Waals surface area contributed by atoms with E-state index in [-0.39, 0.29) is 6.61 Å². The number of hydrogen-bond donors (Lipinski definition) is 3. The fourth-order valence-electron chi connectivity index (χ4n) is 1.86. The van der Waals surface area contributed by atoms with E-state index < -0.39 is 29.6 Å². The third-order valence-electron chi connectivity index (χ3n) is 3.01. The van der Waals surface area contributed by atoms with Gasteiger partial charge in [-0.3, -0.25) is 15.0 Å². The molecule has 1 heterocycles. The first-order valence-electron chi connectivity index (χ1n) is 5.90. The molecule has 0 spiro atoms. The zero-order chi connectivity index (χ0) is 14.6. The number of rotatable bonds is 5. The molecule has 0 radical (unpaired) electrons. The Morgan fingerprint density at radius 1 is 1.42 bits per heavy atom. The summed E-state index contributed by atoms with van der Waals surface area (Å²) in [5, 5.41) is 13.0. The van der Waals surface area contributed by atoms with Crippen molar-refractivity contribution in [2.45, 2.75) is 25.5 Å². The van der Waals surface area contributed by atoms with E-state index in [0.29, 0.717) is 13.1 Å². The van der Waals surface area contributed by atoms with Gasteiger partial charge in [0, 0.05) is 20.1 Å². The van der Waals surface area contributed by atoms with Crippen molar-refractivity contribution >= 4 is 17.9 Å². The molecule has 3 amide bonds. The molecule has 8 heteroatoms. The van der Waals surface area contributed by atoms with E-state index >= 15 is 0 Å². The Labute approximate surface area is 111 Å². The van der Waals surface area contributed by atoms with Crippen molar-refractivity contribution in [1.82, 2.24) is 15.5 Å².